The molecule has 0 bridgehead atoms. The summed E-state index contributed by atoms with van der Waals surface area (Å²) in [6, 6.07) is 1.71. The highest BCUT2D eigenvalue weighted by Gasteiger charge is 2.18. The number of hydrogen-bond donors (Lipinski definition) is 1. The Morgan fingerprint density at radius 3 is 2.86 bits per heavy atom. The van der Waals surface area contributed by atoms with Crippen LogP contribution in [0.2, 0.25) is 0 Å². The molecule has 1 N–H and O–H groups in total. The van der Waals surface area contributed by atoms with Crippen LogP contribution in [0.5, 0.6) is 11.8 Å². The van der Waals surface area contributed by atoms with E-state index in [9.17, 15) is 0 Å². The highest BCUT2D eigenvalue weighted by atomic mass is 16.5. The van der Waals surface area contributed by atoms with Crippen LogP contribution in [0.15, 0.2) is 12.4 Å². The minimum Gasteiger partial charge on any atom is -0.478 e. The van der Waals surface area contributed by atoms with E-state index in [1.54, 1.807) is 6.07 Å². The minimum absolute atomic E-state index is 0.236. The smallest absolute Gasteiger partial charge is 0.220 e. The molecule has 5 nitrogen and oxygen atoms in total. The van der Waals surface area contributed by atoms with Gasteiger partial charge in [0, 0.05) is 13.1 Å². The van der Waals surface area contributed by atoms with Crippen molar-refractivity contribution >= 4 is 0 Å². The molecule has 0 spiro atoms. The lowest BCUT2D eigenvalue weighted by atomic mass is 10.2. The predicted octanol–water partition coefficient (Wildman–Crippen LogP) is 0.226. The van der Waals surface area contributed by atoms with Crippen molar-refractivity contribution < 1.29 is 9.47 Å². The van der Waals surface area contributed by atoms with Crippen molar-refractivity contribution in [1.82, 2.24) is 15.3 Å². The molecule has 0 aliphatic carbocycles. The third kappa shape index (κ3) is 2.11. The van der Waals surface area contributed by atoms with E-state index in [2.05, 4.69) is 15.3 Å². The SMILES string of the molecule is CCOc1cc(OC2CNC2)ncn1. The van der Waals surface area contributed by atoms with Gasteiger partial charge < -0.3 is 14.8 Å². The summed E-state index contributed by atoms with van der Waals surface area (Å²) in [4.78, 5) is 7.95. The number of nitrogens with zero attached hydrogens (tertiary/aromatic N) is 2. The van der Waals surface area contributed by atoms with Crippen LogP contribution < -0.4 is 14.8 Å². The van der Waals surface area contributed by atoms with Crippen LogP contribution >= 0.6 is 0 Å². The summed E-state index contributed by atoms with van der Waals surface area (Å²) < 4.78 is 10.8. The van der Waals surface area contributed by atoms with Crippen molar-refractivity contribution in [3.8, 4) is 11.8 Å². The molecule has 0 aromatic carbocycles. The highest BCUT2D eigenvalue weighted by Crippen LogP contribution is 2.15. The topological polar surface area (TPSA) is 56.3 Å². The van der Waals surface area contributed by atoms with E-state index in [0.29, 0.717) is 18.4 Å². The molecule has 1 aromatic heterocycles. The molecule has 1 fully saturated rings. The second-order valence-corrected chi connectivity index (χ2v) is 3.03. The molecule has 1 aliphatic rings. The Kier molecular flexibility index (Phi) is 2.78. The van der Waals surface area contributed by atoms with Gasteiger partial charge in [0.2, 0.25) is 11.8 Å². The van der Waals surface area contributed by atoms with Gasteiger partial charge in [-0.1, -0.05) is 0 Å². The molecule has 2 rings (SSSR count). The van der Waals surface area contributed by atoms with Crippen LogP contribution in [0.3, 0.4) is 0 Å². The van der Waals surface area contributed by atoms with Crippen molar-refractivity contribution in [2.24, 2.45) is 0 Å². The Bertz CT molecular complexity index is 302. The number of aromatic nitrogens is 2. The Hall–Kier alpha value is -1.36. The number of hydrogen-bond acceptors (Lipinski definition) is 5. The van der Waals surface area contributed by atoms with Gasteiger partial charge in [-0.3, -0.25) is 0 Å². The zero-order chi connectivity index (χ0) is 9.80. The average Bonchev–Trinajstić information content (AvgIpc) is 2.13. The van der Waals surface area contributed by atoms with Crippen LogP contribution in [0.4, 0.5) is 0 Å². The Labute approximate surface area is 82.5 Å². The van der Waals surface area contributed by atoms with Crippen molar-refractivity contribution in [2.45, 2.75) is 13.0 Å². The molecule has 0 atom stereocenters. The molecule has 0 radical (unpaired) electrons. The molecule has 1 aromatic rings. The maximum Gasteiger partial charge on any atom is 0.220 e. The highest BCUT2D eigenvalue weighted by molar-refractivity contribution is 5.18. The first kappa shape index (κ1) is 9.21. The van der Waals surface area contributed by atoms with Crippen molar-refractivity contribution in [2.75, 3.05) is 19.7 Å². The molecule has 1 saturated heterocycles. The standard InChI is InChI=1S/C9H13N3O2/c1-2-13-8-3-9(12-6-11-8)14-7-4-10-5-7/h3,6-7,10H,2,4-5H2,1H3. The fraction of sp³-hybridized carbons (Fsp3) is 0.556. The lowest BCUT2D eigenvalue weighted by molar-refractivity contribution is 0.135. The Balaban J connectivity index is 1.97. The largest absolute Gasteiger partial charge is 0.478 e. The average molecular weight is 195 g/mol. The van der Waals surface area contributed by atoms with Gasteiger partial charge >= 0.3 is 0 Å². The predicted molar refractivity (Wildman–Crippen MR) is 50.5 cm³/mol. The van der Waals surface area contributed by atoms with Crippen molar-refractivity contribution in [3.63, 3.8) is 0 Å². The first-order chi connectivity index (χ1) is 6.88. The molecule has 2 heterocycles. The Morgan fingerprint density at radius 1 is 1.43 bits per heavy atom. The molecular weight excluding hydrogens is 182 g/mol. The van der Waals surface area contributed by atoms with E-state index in [0.717, 1.165) is 13.1 Å². The van der Waals surface area contributed by atoms with Gasteiger partial charge in [0.1, 0.15) is 12.4 Å². The van der Waals surface area contributed by atoms with Gasteiger partial charge in [0.05, 0.1) is 12.7 Å². The second kappa shape index (κ2) is 4.23. The first-order valence-corrected chi connectivity index (χ1v) is 4.70. The number of ether oxygens (including phenoxy) is 2. The third-order valence-electron chi connectivity index (χ3n) is 1.94. The molecule has 0 unspecified atom stereocenters. The zero-order valence-electron chi connectivity index (χ0n) is 8.06. The van der Waals surface area contributed by atoms with Crippen LogP contribution in [-0.2, 0) is 0 Å². The monoisotopic (exact) mass is 195 g/mol. The quantitative estimate of drug-likeness (QED) is 0.745. The van der Waals surface area contributed by atoms with Gasteiger partial charge in [-0.15, -0.1) is 0 Å². The maximum atomic E-state index is 5.54. The molecule has 0 amide bonds. The lowest BCUT2D eigenvalue weighted by Gasteiger charge is -2.27. The summed E-state index contributed by atoms with van der Waals surface area (Å²) in [6.45, 7) is 4.28. The number of rotatable bonds is 4. The van der Waals surface area contributed by atoms with Crippen LogP contribution in [0.25, 0.3) is 0 Å². The summed E-state index contributed by atoms with van der Waals surface area (Å²) in [5.74, 6) is 1.14. The fourth-order valence-corrected chi connectivity index (χ4v) is 1.13. The molecular formula is C9H13N3O2. The van der Waals surface area contributed by atoms with Gasteiger partial charge in [-0.25, -0.2) is 9.97 Å². The lowest BCUT2D eigenvalue weighted by Crippen LogP contribution is -2.50. The van der Waals surface area contributed by atoms with E-state index in [-0.39, 0.29) is 6.10 Å². The molecule has 14 heavy (non-hydrogen) atoms. The molecule has 76 valence electrons. The second-order valence-electron chi connectivity index (χ2n) is 3.03. The van der Waals surface area contributed by atoms with Crippen molar-refractivity contribution in [1.29, 1.82) is 0 Å². The summed E-state index contributed by atoms with van der Waals surface area (Å²) in [6.07, 6.45) is 1.69. The fourth-order valence-electron chi connectivity index (χ4n) is 1.13. The summed E-state index contributed by atoms with van der Waals surface area (Å²) in [7, 11) is 0. The van der Waals surface area contributed by atoms with E-state index >= 15 is 0 Å². The third-order valence-corrected chi connectivity index (χ3v) is 1.94. The van der Waals surface area contributed by atoms with Gasteiger partial charge in [0.15, 0.2) is 0 Å². The Morgan fingerprint density at radius 2 is 2.21 bits per heavy atom. The molecule has 1 aliphatic heterocycles. The van der Waals surface area contributed by atoms with Crippen molar-refractivity contribution in [3.05, 3.63) is 12.4 Å². The van der Waals surface area contributed by atoms with Crippen LogP contribution in [-0.4, -0.2) is 35.8 Å². The first-order valence-electron chi connectivity index (χ1n) is 4.70. The van der Waals surface area contributed by atoms with E-state index in [1.165, 1.54) is 6.33 Å². The zero-order valence-corrected chi connectivity index (χ0v) is 8.06. The summed E-state index contributed by atoms with van der Waals surface area (Å²) in [5.41, 5.74) is 0. The molecule has 5 heteroatoms. The maximum absolute atomic E-state index is 5.54. The van der Waals surface area contributed by atoms with E-state index in [4.69, 9.17) is 9.47 Å². The minimum atomic E-state index is 0.236. The molecule has 0 saturated carbocycles. The van der Waals surface area contributed by atoms with Crippen LogP contribution in [0.1, 0.15) is 6.92 Å². The summed E-state index contributed by atoms with van der Waals surface area (Å²) >= 11 is 0. The normalized spacial score (nSPS) is 16.1. The van der Waals surface area contributed by atoms with Gasteiger partial charge in [0.25, 0.3) is 0 Å². The number of nitrogens with one attached hydrogen (secondary N) is 1. The van der Waals surface area contributed by atoms with E-state index < -0.39 is 0 Å². The van der Waals surface area contributed by atoms with Gasteiger partial charge in [-0.05, 0) is 6.92 Å². The van der Waals surface area contributed by atoms with E-state index in [1.807, 2.05) is 6.92 Å². The summed E-state index contributed by atoms with van der Waals surface area (Å²) in [5, 5.41) is 3.12. The van der Waals surface area contributed by atoms with Gasteiger partial charge in [-0.2, -0.15) is 0 Å². The van der Waals surface area contributed by atoms with Crippen LogP contribution in [0, 0.1) is 0 Å².